The van der Waals surface area contributed by atoms with E-state index in [9.17, 15) is 9.59 Å². The Morgan fingerprint density at radius 2 is 1.79 bits per heavy atom. The second-order valence-electron chi connectivity index (χ2n) is 6.96. The lowest BCUT2D eigenvalue weighted by atomic mass is 9.85. The smallest absolute Gasteiger partial charge is 0.303 e. The molecule has 0 spiro atoms. The maximum Gasteiger partial charge on any atom is 0.303 e. The van der Waals surface area contributed by atoms with Crippen LogP contribution >= 0.6 is 0 Å². The summed E-state index contributed by atoms with van der Waals surface area (Å²) in [6.45, 7) is 10.2. The lowest BCUT2D eigenvalue weighted by molar-refractivity contribution is -0.142. The molecule has 1 heterocycles. The van der Waals surface area contributed by atoms with Gasteiger partial charge in [-0.05, 0) is 26.3 Å². The lowest BCUT2D eigenvalue weighted by Gasteiger charge is -2.45. The first-order chi connectivity index (χ1) is 8.53. The quantitative estimate of drug-likeness (QED) is 0.839. The van der Waals surface area contributed by atoms with Crippen LogP contribution < -0.4 is 0 Å². The number of amides is 1. The topological polar surface area (TPSA) is 60.9 Å². The van der Waals surface area contributed by atoms with Gasteiger partial charge in [0.1, 0.15) is 0 Å². The molecule has 1 aliphatic heterocycles. The van der Waals surface area contributed by atoms with Gasteiger partial charge in [0.15, 0.2) is 0 Å². The minimum absolute atomic E-state index is 0.0230. The summed E-state index contributed by atoms with van der Waals surface area (Å²) in [5, 5.41) is 8.86. The summed E-state index contributed by atoms with van der Waals surface area (Å²) in [6.07, 6.45) is 0.314. The number of aliphatic carboxylic acids is 1. The molecule has 0 saturated carbocycles. The molecular weight excluding hydrogens is 244 g/mol. The molecule has 5 nitrogen and oxygen atoms in total. The molecule has 1 rings (SSSR count). The Balaban J connectivity index is 2.62. The van der Waals surface area contributed by atoms with Crippen molar-refractivity contribution < 1.29 is 14.7 Å². The van der Waals surface area contributed by atoms with Gasteiger partial charge in [-0.25, -0.2) is 0 Å². The van der Waals surface area contributed by atoms with Crippen molar-refractivity contribution in [2.24, 2.45) is 5.41 Å². The number of carbonyl (C=O) groups excluding carboxylic acids is 1. The zero-order valence-corrected chi connectivity index (χ0v) is 12.7. The summed E-state index contributed by atoms with van der Waals surface area (Å²) >= 11 is 0. The van der Waals surface area contributed by atoms with Crippen molar-refractivity contribution in [1.29, 1.82) is 0 Å². The van der Waals surface area contributed by atoms with Crippen LogP contribution in [0.2, 0.25) is 0 Å². The normalized spacial score (nSPS) is 20.4. The Kier molecular flexibility index (Phi) is 4.61. The van der Waals surface area contributed by atoms with E-state index < -0.39 is 11.4 Å². The third-order valence-electron chi connectivity index (χ3n) is 3.93. The van der Waals surface area contributed by atoms with Crippen LogP contribution in [0.1, 0.15) is 40.5 Å². The zero-order chi connectivity index (χ0) is 14.8. The molecule has 1 N–H and O–H groups in total. The molecule has 0 radical (unpaired) electrons. The van der Waals surface area contributed by atoms with Gasteiger partial charge in [-0.15, -0.1) is 0 Å². The Hall–Kier alpha value is -1.10. The monoisotopic (exact) mass is 270 g/mol. The molecule has 19 heavy (non-hydrogen) atoms. The van der Waals surface area contributed by atoms with Crippen molar-refractivity contribution >= 4 is 11.9 Å². The summed E-state index contributed by atoms with van der Waals surface area (Å²) in [7, 11) is 2.07. The molecule has 5 heteroatoms. The summed E-state index contributed by atoms with van der Waals surface area (Å²) in [5.41, 5.74) is -0.513. The van der Waals surface area contributed by atoms with Crippen molar-refractivity contribution in [2.75, 3.05) is 26.7 Å². The number of carbonyl (C=O) groups is 2. The van der Waals surface area contributed by atoms with Crippen molar-refractivity contribution in [3.05, 3.63) is 0 Å². The first kappa shape index (κ1) is 16.0. The molecule has 0 atom stereocenters. The Morgan fingerprint density at radius 1 is 1.21 bits per heavy atom. The van der Waals surface area contributed by atoms with Gasteiger partial charge in [0.2, 0.25) is 5.91 Å². The predicted octanol–water partition coefficient (Wildman–Crippen LogP) is 1.43. The maximum atomic E-state index is 12.3. The van der Waals surface area contributed by atoms with Crippen LogP contribution in [0.3, 0.4) is 0 Å². The van der Waals surface area contributed by atoms with Crippen LogP contribution in [-0.4, -0.2) is 59.0 Å². The van der Waals surface area contributed by atoms with Gasteiger partial charge in [0.05, 0.1) is 6.42 Å². The van der Waals surface area contributed by atoms with Crippen molar-refractivity contribution in [2.45, 2.75) is 46.1 Å². The standard InChI is InChI=1S/C14H26N2O3/c1-13(2,9-12(18)19)8-11(17)16-7-6-15(5)14(3,4)10-16/h6-10H2,1-5H3,(H,18,19). The fourth-order valence-electron chi connectivity index (χ4n) is 2.45. The number of rotatable bonds is 4. The van der Waals surface area contributed by atoms with Crippen LogP contribution in [0.15, 0.2) is 0 Å². The van der Waals surface area contributed by atoms with E-state index in [1.807, 2.05) is 18.7 Å². The lowest BCUT2D eigenvalue weighted by Crippen LogP contribution is -2.59. The van der Waals surface area contributed by atoms with E-state index in [4.69, 9.17) is 5.11 Å². The van der Waals surface area contributed by atoms with E-state index in [0.717, 1.165) is 13.1 Å². The van der Waals surface area contributed by atoms with Crippen molar-refractivity contribution in [3.8, 4) is 0 Å². The van der Waals surface area contributed by atoms with E-state index in [1.165, 1.54) is 0 Å². The predicted molar refractivity (Wildman–Crippen MR) is 73.9 cm³/mol. The second-order valence-corrected chi connectivity index (χ2v) is 6.96. The Bertz CT molecular complexity index is 364. The number of hydrogen-bond donors (Lipinski definition) is 1. The van der Waals surface area contributed by atoms with Crippen LogP contribution in [0.4, 0.5) is 0 Å². The first-order valence-corrected chi connectivity index (χ1v) is 6.74. The third-order valence-corrected chi connectivity index (χ3v) is 3.93. The third kappa shape index (κ3) is 4.49. The highest BCUT2D eigenvalue weighted by molar-refractivity contribution is 5.78. The number of carboxylic acid groups (broad SMARTS) is 1. The molecular formula is C14H26N2O3. The highest BCUT2D eigenvalue weighted by atomic mass is 16.4. The summed E-state index contributed by atoms with van der Waals surface area (Å²) in [6, 6.07) is 0. The number of carboxylic acids is 1. The average molecular weight is 270 g/mol. The van der Waals surface area contributed by atoms with Crippen LogP contribution in [0.25, 0.3) is 0 Å². The van der Waals surface area contributed by atoms with Gasteiger partial charge >= 0.3 is 5.97 Å². The summed E-state index contributed by atoms with van der Waals surface area (Å²) in [4.78, 5) is 27.2. The number of nitrogens with zero attached hydrogens (tertiary/aromatic N) is 2. The largest absolute Gasteiger partial charge is 0.481 e. The van der Waals surface area contributed by atoms with Gasteiger partial charge in [0, 0.05) is 31.6 Å². The second kappa shape index (κ2) is 5.49. The van der Waals surface area contributed by atoms with Crippen molar-refractivity contribution in [3.63, 3.8) is 0 Å². The van der Waals surface area contributed by atoms with Gasteiger partial charge < -0.3 is 10.0 Å². The molecule has 1 aliphatic rings. The van der Waals surface area contributed by atoms with Crippen molar-refractivity contribution in [1.82, 2.24) is 9.80 Å². The molecule has 1 saturated heterocycles. The van der Waals surface area contributed by atoms with E-state index in [-0.39, 0.29) is 17.9 Å². The van der Waals surface area contributed by atoms with Gasteiger partial charge in [-0.1, -0.05) is 13.8 Å². The van der Waals surface area contributed by atoms with Crippen LogP contribution in [-0.2, 0) is 9.59 Å². The van der Waals surface area contributed by atoms with E-state index >= 15 is 0 Å². The first-order valence-electron chi connectivity index (χ1n) is 6.74. The van der Waals surface area contributed by atoms with E-state index in [2.05, 4.69) is 25.8 Å². The van der Waals surface area contributed by atoms with Crippen LogP contribution in [0.5, 0.6) is 0 Å². The minimum atomic E-state index is -0.850. The number of likely N-dealkylation sites (N-methyl/N-ethyl adjacent to an activating group) is 1. The number of piperazine rings is 1. The molecule has 0 aliphatic carbocycles. The fraction of sp³-hybridized carbons (Fsp3) is 0.857. The van der Waals surface area contributed by atoms with Gasteiger partial charge in [0.25, 0.3) is 0 Å². The highest BCUT2D eigenvalue weighted by Crippen LogP contribution is 2.27. The molecule has 0 aromatic rings. The SMILES string of the molecule is CN1CCN(C(=O)CC(C)(C)CC(=O)O)CC1(C)C. The molecule has 110 valence electrons. The minimum Gasteiger partial charge on any atom is -0.481 e. The molecule has 0 unspecified atom stereocenters. The fourth-order valence-corrected chi connectivity index (χ4v) is 2.45. The maximum absolute atomic E-state index is 12.3. The molecule has 0 aromatic heterocycles. The summed E-state index contributed by atoms with van der Waals surface area (Å²) < 4.78 is 0. The van der Waals surface area contributed by atoms with Gasteiger partial charge in [-0.3, -0.25) is 14.5 Å². The van der Waals surface area contributed by atoms with Crippen LogP contribution in [0, 0.1) is 5.41 Å². The molecule has 1 amide bonds. The highest BCUT2D eigenvalue weighted by Gasteiger charge is 2.35. The van der Waals surface area contributed by atoms with E-state index in [0.29, 0.717) is 13.0 Å². The number of hydrogen-bond acceptors (Lipinski definition) is 3. The Labute approximate surface area is 115 Å². The molecule has 1 fully saturated rings. The Morgan fingerprint density at radius 3 is 2.26 bits per heavy atom. The van der Waals surface area contributed by atoms with Gasteiger partial charge in [-0.2, -0.15) is 0 Å². The molecule has 0 aromatic carbocycles. The molecule has 0 bridgehead atoms. The zero-order valence-electron chi connectivity index (χ0n) is 12.7. The summed E-state index contributed by atoms with van der Waals surface area (Å²) in [5.74, 6) is -0.788. The van der Waals surface area contributed by atoms with E-state index in [1.54, 1.807) is 0 Å². The average Bonchev–Trinajstić information content (AvgIpc) is 2.18.